The predicted octanol–water partition coefficient (Wildman–Crippen LogP) is 1.69. The Morgan fingerprint density at radius 2 is 1.90 bits per heavy atom. The maximum atomic E-state index is 13.3. The van der Waals surface area contributed by atoms with Crippen molar-refractivity contribution in [3.63, 3.8) is 0 Å². The van der Waals surface area contributed by atoms with E-state index in [9.17, 15) is 32.3 Å². The number of imide groups is 1. The molecule has 9 nitrogen and oxygen atoms in total. The average Bonchev–Trinajstić information content (AvgIpc) is 2.98. The molecule has 0 bridgehead atoms. The zero-order valence-corrected chi connectivity index (χ0v) is 16.1. The van der Waals surface area contributed by atoms with Crippen LogP contribution in [0.4, 0.5) is 24.7 Å². The third-order valence-corrected chi connectivity index (χ3v) is 4.62. The molecule has 3 rings (SSSR count). The van der Waals surface area contributed by atoms with Crippen LogP contribution in [0.1, 0.15) is 39.1 Å². The number of nitrogens with two attached hydrogens (primary N) is 1. The number of halogens is 3. The molecule has 0 saturated heterocycles. The summed E-state index contributed by atoms with van der Waals surface area (Å²) in [5, 5.41) is 4.84. The lowest BCUT2D eigenvalue weighted by Gasteiger charge is -2.19. The van der Waals surface area contributed by atoms with Crippen LogP contribution in [0.25, 0.3) is 5.69 Å². The minimum atomic E-state index is -4.71. The highest BCUT2D eigenvalue weighted by atomic mass is 19.4. The number of carbonyl (C=O) groups excluding carboxylic acids is 3. The van der Waals surface area contributed by atoms with Crippen molar-refractivity contribution in [2.75, 3.05) is 24.7 Å². The number of anilines is 2. The van der Waals surface area contributed by atoms with E-state index in [1.165, 1.54) is 7.11 Å². The van der Waals surface area contributed by atoms with Gasteiger partial charge in [-0.15, -0.1) is 0 Å². The van der Waals surface area contributed by atoms with Crippen LogP contribution in [0.5, 0.6) is 0 Å². The molecule has 0 radical (unpaired) electrons. The number of aromatic nitrogens is 1. The Labute approximate surface area is 173 Å². The molecule has 2 amide bonds. The molecule has 0 saturated carbocycles. The minimum absolute atomic E-state index is 0.0721. The van der Waals surface area contributed by atoms with Gasteiger partial charge in [-0.3, -0.25) is 29.1 Å². The van der Waals surface area contributed by atoms with E-state index in [0.29, 0.717) is 12.5 Å². The lowest BCUT2D eigenvalue weighted by Crippen LogP contribution is -2.25. The molecular weight excluding hydrogens is 421 g/mol. The number of methoxy groups -OCH3 is 1. The van der Waals surface area contributed by atoms with E-state index in [-0.39, 0.29) is 35.5 Å². The topological polar surface area (TPSA) is 133 Å². The molecule has 2 aromatic rings. The van der Waals surface area contributed by atoms with Gasteiger partial charge in [-0.05, 0) is 24.6 Å². The molecule has 12 heteroatoms. The summed E-state index contributed by atoms with van der Waals surface area (Å²) >= 11 is 0. The van der Waals surface area contributed by atoms with Gasteiger partial charge in [0, 0.05) is 19.0 Å². The second-order valence-corrected chi connectivity index (χ2v) is 6.61. The summed E-state index contributed by atoms with van der Waals surface area (Å²) in [6, 6.07) is 3.48. The predicted molar refractivity (Wildman–Crippen MR) is 103 cm³/mol. The van der Waals surface area contributed by atoms with Gasteiger partial charge in [0.25, 0.3) is 17.4 Å². The van der Waals surface area contributed by atoms with Crippen LogP contribution in [0, 0.1) is 0 Å². The number of nitrogen functional groups attached to an aromatic ring is 1. The first kappa shape index (κ1) is 21.9. The number of alkyl halides is 3. The van der Waals surface area contributed by atoms with Gasteiger partial charge in [-0.25, -0.2) is 0 Å². The summed E-state index contributed by atoms with van der Waals surface area (Å²) in [6.07, 6.45) is -4.33. The summed E-state index contributed by atoms with van der Waals surface area (Å²) in [6.45, 7) is 0.173. The Morgan fingerprint density at radius 3 is 2.55 bits per heavy atom. The third-order valence-electron chi connectivity index (χ3n) is 4.62. The van der Waals surface area contributed by atoms with Gasteiger partial charge < -0.3 is 15.8 Å². The molecule has 4 N–H and O–H groups in total. The molecule has 0 spiro atoms. The second kappa shape index (κ2) is 8.13. The van der Waals surface area contributed by atoms with Gasteiger partial charge in [0.2, 0.25) is 0 Å². The number of esters is 1. The summed E-state index contributed by atoms with van der Waals surface area (Å²) < 4.78 is 45.1. The maximum absolute atomic E-state index is 13.3. The lowest BCUT2D eigenvalue weighted by molar-refractivity contribution is -0.140. The van der Waals surface area contributed by atoms with E-state index in [4.69, 9.17) is 5.73 Å². The maximum Gasteiger partial charge on any atom is 0.416 e. The number of fused-ring (bicyclic) bond motifs is 1. The van der Waals surface area contributed by atoms with Crippen molar-refractivity contribution >= 4 is 29.3 Å². The molecule has 0 unspecified atom stereocenters. The van der Waals surface area contributed by atoms with Gasteiger partial charge in [0.05, 0.1) is 35.2 Å². The first-order valence-corrected chi connectivity index (χ1v) is 8.98. The summed E-state index contributed by atoms with van der Waals surface area (Å²) in [4.78, 5) is 47.7. The number of rotatable bonds is 6. The Hall–Kier alpha value is -3.83. The monoisotopic (exact) mass is 438 g/mol. The fourth-order valence-electron chi connectivity index (χ4n) is 3.13. The Balaban J connectivity index is 2.10. The van der Waals surface area contributed by atoms with E-state index in [1.54, 1.807) is 0 Å². The zero-order chi connectivity index (χ0) is 22.9. The van der Waals surface area contributed by atoms with Crippen molar-refractivity contribution in [3.8, 4) is 5.69 Å². The molecule has 1 aliphatic heterocycles. The SMILES string of the molecule is COC(=O)CCCNc1ccc(C(F)(F)F)cc1-n1c(N)c2c(cc1=O)C(=O)NC2=O. The largest absolute Gasteiger partial charge is 0.469 e. The van der Waals surface area contributed by atoms with Gasteiger partial charge >= 0.3 is 12.1 Å². The highest BCUT2D eigenvalue weighted by molar-refractivity contribution is 6.23. The van der Waals surface area contributed by atoms with Crippen LogP contribution in [-0.4, -0.2) is 36.0 Å². The van der Waals surface area contributed by atoms with Gasteiger partial charge in [-0.1, -0.05) is 0 Å². The number of nitrogens with one attached hydrogen (secondary N) is 2. The molecule has 0 atom stereocenters. The van der Waals surface area contributed by atoms with Crippen molar-refractivity contribution in [1.82, 2.24) is 9.88 Å². The molecule has 1 aliphatic rings. The van der Waals surface area contributed by atoms with Gasteiger partial charge in [-0.2, -0.15) is 13.2 Å². The van der Waals surface area contributed by atoms with Crippen LogP contribution in [0.2, 0.25) is 0 Å². The number of ether oxygens (including phenoxy) is 1. The molecule has 1 aromatic heterocycles. The van der Waals surface area contributed by atoms with Crippen LogP contribution in [-0.2, 0) is 15.7 Å². The highest BCUT2D eigenvalue weighted by Gasteiger charge is 2.34. The van der Waals surface area contributed by atoms with E-state index in [1.807, 2.05) is 5.32 Å². The van der Waals surface area contributed by atoms with Crippen molar-refractivity contribution < 1.29 is 32.3 Å². The molecule has 164 valence electrons. The number of amides is 2. The summed E-state index contributed by atoms with van der Waals surface area (Å²) in [7, 11) is 1.23. The van der Waals surface area contributed by atoms with Gasteiger partial charge in [0.1, 0.15) is 5.82 Å². The van der Waals surface area contributed by atoms with Crippen LogP contribution in [0.3, 0.4) is 0 Å². The normalized spacial score (nSPS) is 13.0. The molecule has 31 heavy (non-hydrogen) atoms. The summed E-state index contributed by atoms with van der Waals surface area (Å²) in [5.74, 6) is -2.60. The Kier molecular flexibility index (Phi) is 5.73. The Morgan fingerprint density at radius 1 is 1.19 bits per heavy atom. The van der Waals surface area contributed by atoms with Gasteiger partial charge in [0.15, 0.2) is 0 Å². The zero-order valence-electron chi connectivity index (χ0n) is 16.1. The van der Waals surface area contributed by atoms with Crippen LogP contribution < -0.4 is 21.9 Å². The van der Waals surface area contributed by atoms with Crippen molar-refractivity contribution in [1.29, 1.82) is 0 Å². The number of benzene rings is 1. The molecule has 2 heterocycles. The lowest BCUT2D eigenvalue weighted by atomic mass is 10.1. The summed E-state index contributed by atoms with van der Waals surface area (Å²) in [5.41, 5.74) is 3.31. The number of carbonyl (C=O) groups is 3. The van der Waals surface area contributed by atoms with E-state index in [2.05, 4.69) is 10.1 Å². The number of hydrogen-bond acceptors (Lipinski definition) is 7. The third kappa shape index (κ3) is 4.22. The first-order chi connectivity index (χ1) is 14.5. The first-order valence-electron chi connectivity index (χ1n) is 8.98. The fraction of sp³-hybridized carbons (Fsp3) is 0.263. The minimum Gasteiger partial charge on any atom is -0.469 e. The molecular formula is C19H17F3N4O5. The molecule has 1 aromatic carbocycles. The van der Waals surface area contributed by atoms with E-state index < -0.39 is 40.9 Å². The smallest absolute Gasteiger partial charge is 0.416 e. The standard InChI is InChI=1S/C19H17F3N4O5/c1-31-14(28)3-2-6-24-11-5-4-9(19(20,21)22)7-12(11)26-13(27)8-10-15(16(26)23)18(30)25-17(10)29/h4-5,7-8,24H,2-3,6,23H2,1H3,(H,25,29,30). The quantitative estimate of drug-likeness (QED) is 0.355. The Bertz CT molecular complexity index is 1140. The van der Waals surface area contributed by atoms with Crippen LogP contribution in [0.15, 0.2) is 29.1 Å². The van der Waals surface area contributed by atoms with E-state index >= 15 is 0 Å². The molecule has 0 fully saturated rings. The second-order valence-electron chi connectivity index (χ2n) is 6.61. The fourth-order valence-corrected chi connectivity index (χ4v) is 3.13. The van der Waals surface area contributed by atoms with Crippen LogP contribution >= 0.6 is 0 Å². The van der Waals surface area contributed by atoms with Crippen molar-refractivity contribution in [3.05, 3.63) is 51.3 Å². The van der Waals surface area contributed by atoms with E-state index in [0.717, 1.165) is 22.8 Å². The highest BCUT2D eigenvalue weighted by Crippen LogP contribution is 2.34. The van der Waals surface area contributed by atoms with Crippen molar-refractivity contribution in [2.24, 2.45) is 0 Å². The number of nitrogens with zero attached hydrogens (tertiary/aromatic N) is 1. The number of hydrogen-bond donors (Lipinski definition) is 3. The molecule has 0 aliphatic carbocycles. The number of pyridine rings is 1. The average molecular weight is 438 g/mol. The van der Waals surface area contributed by atoms with Crippen molar-refractivity contribution in [2.45, 2.75) is 19.0 Å².